The van der Waals surface area contributed by atoms with Crippen LogP contribution in [0.1, 0.15) is 44.7 Å². The topological polar surface area (TPSA) is 18.5 Å². The molecule has 0 amide bonds. The smallest absolute Gasteiger partial charge is 0.0366 e. The molecule has 1 aliphatic heterocycles. The molecule has 3 nitrogen and oxygen atoms in total. The largest absolute Gasteiger partial charge is 0.370 e. The van der Waals surface area contributed by atoms with Crippen LogP contribution in [-0.2, 0) is 0 Å². The molecule has 1 atom stereocenters. The highest BCUT2D eigenvalue weighted by Gasteiger charge is 2.13. The zero-order chi connectivity index (χ0) is 15.1. The fraction of sp³-hybridized carbons (Fsp3) is 0.667. The second-order valence-corrected chi connectivity index (χ2v) is 6.15. The monoisotopic (exact) mass is 289 g/mol. The van der Waals surface area contributed by atoms with Crippen LogP contribution in [0.4, 0.5) is 5.69 Å². The summed E-state index contributed by atoms with van der Waals surface area (Å²) in [5.41, 5.74) is 2.79. The van der Waals surface area contributed by atoms with Crippen LogP contribution in [-0.4, -0.2) is 44.7 Å². The summed E-state index contributed by atoms with van der Waals surface area (Å²) < 4.78 is 0. The summed E-state index contributed by atoms with van der Waals surface area (Å²) in [4.78, 5) is 4.95. The van der Waals surface area contributed by atoms with E-state index in [0.717, 1.165) is 26.1 Å². The van der Waals surface area contributed by atoms with E-state index >= 15 is 0 Å². The predicted molar refractivity (Wildman–Crippen MR) is 92.1 cm³/mol. The number of anilines is 1. The fourth-order valence-electron chi connectivity index (χ4n) is 3.04. The lowest BCUT2D eigenvalue weighted by atomic mass is 10.0. The predicted octanol–water partition coefficient (Wildman–Crippen LogP) is 3.28. The molecule has 0 aromatic heterocycles. The van der Waals surface area contributed by atoms with Crippen molar-refractivity contribution in [2.45, 2.75) is 39.2 Å². The molecule has 0 aliphatic carbocycles. The van der Waals surface area contributed by atoms with Crippen molar-refractivity contribution in [1.29, 1.82) is 0 Å². The highest BCUT2D eigenvalue weighted by atomic mass is 15.2. The van der Waals surface area contributed by atoms with Gasteiger partial charge in [-0.25, -0.2) is 0 Å². The van der Waals surface area contributed by atoms with Gasteiger partial charge in [-0.15, -0.1) is 0 Å². The maximum absolute atomic E-state index is 3.63. The van der Waals surface area contributed by atoms with Gasteiger partial charge in [0, 0.05) is 31.4 Å². The van der Waals surface area contributed by atoms with Gasteiger partial charge in [0.1, 0.15) is 0 Å². The molecule has 1 heterocycles. The Labute approximate surface area is 130 Å². The number of rotatable bonds is 6. The Morgan fingerprint density at radius 1 is 1.05 bits per heavy atom. The van der Waals surface area contributed by atoms with Gasteiger partial charge < -0.3 is 15.1 Å². The lowest BCUT2D eigenvalue weighted by Crippen LogP contribution is -2.28. The van der Waals surface area contributed by atoms with Gasteiger partial charge in [-0.1, -0.05) is 26.0 Å². The van der Waals surface area contributed by atoms with E-state index in [1.54, 1.807) is 0 Å². The van der Waals surface area contributed by atoms with Gasteiger partial charge in [0.2, 0.25) is 0 Å². The number of hydrogen-bond acceptors (Lipinski definition) is 3. The third-order valence-corrected chi connectivity index (χ3v) is 4.43. The SMILES string of the molecule is CCCNC(CC)c1ccc(N2CCCN(C)CC2)cc1. The van der Waals surface area contributed by atoms with Gasteiger partial charge in [-0.3, -0.25) is 0 Å². The van der Waals surface area contributed by atoms with E-state index in [9.17, 15) is 0 Å². The Kier molecular flexibility index (Phi) is 6.52. The molecule has 0 spiro atoms. The van der Waals surface area contributed by atoms with Crippen molar-refractivity contribution in [3.8, 4) is 0 Å². The van der Waals surface area contributed by atoms with Crippen molar-refractivity contribution in [1.82, 2.24) is 10.2 Å². The highest BCUT2D eigenvalue weighted by molar-refractivity contribution is 5.48. The summed E-state index contributed by atoms with van der Waals surface area (Å²) in [5.74, 6) is 0. The average Bonchev–Trinajstić information content (AvgIpc) is 2.73. The molecule has 0 bridgehead atoms. The van der Waals surface area contributed by atoms with Crippen LogP contribution in [0.5, 0.6) is 0 Å². The van der Waals surface area contributed by atoms with E-state index in [0.29, 0.717) is 6.04 Å². The molecular weight excluding hydrogens is 258 g/mol. The molecule has 1 aromatic carbocycles. The Bertz CT molecular complexity index is 401. The first-order valence-corrected chi connectivity index (χ1v) is 8.51. The quantitative estimate of drug-likeness (QED) is 0.867. The Balaban J connectivity index is 2.00. The van der Waals surface area contributed by atoms with Crippen molar-refractivity contribution < 1.29 is 0 Å². The van der Waals surface area contributed by atoms with Gasteiger partial charge in [-0.2, -0.15) is 0 Å². The number of hydrogen-bond donors (Lipinski definition) is 1. The summed E-state index contributed by atoms with van der Waals surface area (Å²) in [6.07, 6.45) is 3.59. The summed E-state index contributed by atoms with van der Waals surface area (Å²) in [7, 11) is 2.22. The van der Waals surface area contributed by atoms with Crippen LogP contribution in [0.2, 0.25) is 0 Å². The van der Waals surface area contributed by atoms with Crippen LogP contribution in [0.25, 0.3) is 0 Å². The van der Waals surface area contributed by atoms with Crippen LogP contribution in [0.15, 0.2) is 24.3 Å². The molecule has 1 saturated heterocycles. The van der Waals surface area contributed by atoms with Crippen LogP contribution >= 0.6 is 0 Å². The van der Waals surface area contributed by atoms with E-state index in [4.69, 9.17) is 0 Å². The lowest BCUT2D eigenvalue weighted by Gasteiger charge is -2.24. The Morgan fingerprint density at radius 2 is 1.81 bits per heavy atom. The van der Waals surface area contributed by atoms with Gasteiger partial charge in [-0.05, 0) is 57.1 Å². The van der Waals surface area contributed by atoms with Crippen molar-refractivity contribution in [3.05, 3.63) is 29.8 Å². The molecule has 1 fully saturated rings. The molecule has 2 rings (SSSR count). The van der Waals surface area contributed by atoms with Gasteiger partial charge >= 0.3 is 0 Å². The van der Waals surface area contributed by atoms with Gasteiger partial charge in [0.15, 0.2) is 0 Å². The minimum atomic E-state index is 0.495. The van der Waals surface area contributed by atoms with Crippen molar-refractivity contribution in [2.24, 2.45) is 0 Å². The van der Waals surface area contributed by atoms with E-state index in [1.807, 2.05) is 0 Å². The van der Waals surface area contributed by atoms with Crippen molar-refractivity contribution in [2.75, 3.05) is 44.7 Å². The molecule has 21 heavy (non-hydrogen) atoms. The Morgan fingerprint density at radius 3 is 2.48 bits per heavy atom. The van der Waals surface area contributed by atoms with E-state index < -0.39 is 0 Å². The molecule has 0 saturated carbocycles. The standard InChI is InChI=1S/C18H31N3/c1-4-11-19-18(5-2)16-7-9-17(10-8-16)21-13-6-12-20(3)14-15-21/h7-10,18-19H,4-6,11-15H2,1-3H3. The van der Waals surface area contributed by atoms with E-state index in [1.165, 1.54) is 37.2 Å². The molecule has 1 unspecified atom stereocenters. The second-order valence-electron chi connectivity index (χ2n) is 6.15. The minimum absolute atomic E-state index is 0.495. The molecule has 1 aliphatic rings. The van der Waals surface area contributed by atoms with Gasteiger partial charge in [0.05, 0.1) is 0 Å². The summed E-state index contributed by atoms with van der Waals surface area (Å²) in [5, 5.41) is 3.63. The fourth-order valence-corrected chi connectivity index (χ4v) is 3.04. The molecule has 0 radical (unpaired) electrons. The highest BCUT2D eigenvalue weighted by Crippen LogP contribution is 2.22. The number of nitrogens with one attached hydrogen (secondary N) is 1. The minimum Gasteiger partial charge on any atom is -0.370 e. The number of benzene rings is 1. The maximum Gasteiger partial charge on any atom is 0.0366 e. The van der Waals surface area contributed by atoms with E-state index in [2.05, 4.69) is 60.3 Å². The van der Waals surface area contributed by atoms with Crippen molar-refractivity contribution >= 4 is 5.69 Å². The number of likely N-dealkylation sites (N-methyl/N-ethyl adjacent to an activating group) is 1. The van der Waals surface area contributed by atoms with Crippen molar-refractivity contribution in [3.63, 3.8) is 0 Å². The maximum atomic E-state index is 3.63. The summed E-state index contributed by atoms with van der Waals surface area (Å²) in [6, 6.07) is 9.71. The van der Waals surface area contributed by atoms with Gasteiger partial charge in [0.25, 0.3) is 0 Å². The molecular formula is C18H31N3. The number of nitrogens with zero attached hydrogens (tertiary/aromatic N) is 2. The first kappa shape index (κ1) is 16.3. The Hall–Kier alpha value is -1.06. The van der Waals surface area contributed by atoms with Crippen LogP contribution in [0.3, 0.4) is 0 Å². The van der Waals surface area contributed by atoms with Crippen LogP contribution < -0.4 is 10.2 Å². The zero-order valence-electron chi connectivity index (χ0n) is 13.9. The normalized spacial score (nSPS) is 18.5. The van der Waals surface area contributed by atoms with E-state index in [-0.39, 0.29) is 0 Å². The second kappa shape index (κ2) is 8.40. The third kappa shape index (κ3) is 4.72. The third-order valence-electron chi connectivity index (χ3n) is 4.43. The first-order valence-electron chi connectivity index (χ1n) is 8.51. The average molecular weight is 289 g/mol. The lowest BCUT2D eigenvalue weighted by molar-refractivity contribution is 0.360. The molecule has 118 valence electrons. The summed E-state index contributed by atoms with van der Waals surface area (Å²) in [6.45, 7) is 10.3. The molecule has 3 heteroatoms. The zero-order valence-corrected chi connectivity index (χ0v) is 13.9. The molecule has 1 N–H and O–H groups in total. The molecule has 1 aromatic rings. The summed E-state index contributed by atoms with van der Waals surface area (Å²) >= 11 is 0. The first-order chi connectivity index (χ1) is 10.2. The van der Waals surface area contributed by atoms with Crippen LogP contribution in [0, 0.1) is 0 Å².